The van der Waals surface area contributed by atoms with E-state index in [1.807, 2.05) is 0 Å². The van der Waals surface area contributed by atoms with Gasteiger partial charge in [-0.25, -0.2) is 4.39 Å². The number of nitrogens with zero attached hydrogens (tertiary/aromatic N) is 1. The number of aromatic nitrogens is 1. The third-order valence-corrected chi connectivity index (χ3v) is 2.92. The zero-order chi connectivity index (χ0) is 14.5. The van der Waals surface area contributed by atoms with Gasteiger partial charge in [0.1, 0.15) is 5.82 Å². The lowest BCUT2D eigenvalue weighted by Gasteiger charge is -2.06. The Morgan fingerprint density at radius 3 is 2.55 bits per heavy atom. The third kappa shape index (κ3) is 3.78. The Kier molecular flexibility index (Phi) is 4.30. The van der Waals surface area contributed by atoms with Gasteiger partial charge in [0.25, 0.3) is 0 Å². The molecule has 0 saturated carbocycles. The Balaban J connectivity index is 1.90. The fourth-order valence-corrected chi connectivity index (χ4v) is 1.80. The lowest BCUT2D eigenvalue weighted by atomic mass is 10.1. The summed E-state index contributed by atoms with van der Waals surface area (Å²) in [5.74, 6) is -0.434. The zero-order valence-corrected chi connectivity index (χ0v) is 11.1. The summed E-state index contributed by atoms with van der Waals surface area (Å²) >= 11 is 0. The number of pyridine rings is 1. The number of benzene rings is 1. The second kappa shape index (κ2) is 6.14. The molecule has 0 bridgehead atoms. The molecule has 1 aromatic heterocycles. The molecule has 0 aliphatic carbocycles. The van der Waals surface area contributed by atoms with Crippen LogP contribution < -0.4 is 10.9 Å². The van der Waals surface area contributed by atoms with Crippen LogP contribution in [0.4, 0.5) is 10.1 Å². The van der Waals surface area contributed by atoms with Gasteiger partial charge in [0.15, 0.2) is 0 Å². The maximum absolute atomic E-state index is 12.7. The summed E-state index contributed by atoms with van der Waals surface area (Å²) < 4.78 is 14.1. The predicted octanol–water partition coefficient (Wildman–Crippen LogP) is 2.10. The minimum atomic E-state index is -0.289. The summed E-state index contributed by atoms with van der Waals surface area (Å²) in [5.41, 5.74) is 1.35. The highest BCUT2D eigenvalue weighted by molar-refractivity contribution is 5.90. The first kappa shape index (κ1) is 14.0. The summed E-state index contributed by atoms with van der Waals surface area (Å²) in [5, 5.41) is 2.72. The maximum Gasteiger partial charge on any atom is 0.250 e. The number of amides is 1. The first-order chi connectivity index (χ1) is 9.54. The number of nitrogens with one attached hydrogen (secondary N) is 1. The molecule has 1 amide bonds. The average Bonchev–Trinajstić information content (AvgIpc) is 2.42. The largest absolute Gasteiger partial charge is 0.325 e. The summed E-state index contributed by atoms with van der Waals surface area (Å²) in [4.78, 5) is 23.0. The smallest absolute Gasteiger partial charge is 0.250 e. The van der Waals surface area contributed by atoms with Gasteiger partial charge in [0.2, 0.25) is 11.5 Å². The highest BCUT2D eigenvalue weighted by Crippen LogP contribution is 2.08. The highest BCUT2D eigenvalue weighted by atomic mass is 19.1. The standard InChI is InChI=1S/C15H15FN2O2/c1-18-10-13(7-9-15(18)20)17-14(19)8-4-11-2-5-12(16)6-3-11/h2-3,5-7,9-10H,4,8H2,1H3,(H,17,19). The van der Waals surface area contributed by atoms with Crippen molar-refractivity contribution in [3.8, 4) is 0 Å². The van der Waals surface area contributed by atoms with E-state index in [1.165, 1.54) is 22.8 Å². The molecule has 0 aliphatic rings. The topological polar surface area (TPSA) is 51.1 Å². The van der Waals surface area contributed by atoms with Crippen molar-refractivity contribution in [1.29, 1.82) is 0 Å². The average molecular weight is 274 g/mol. The van der Waals surface area contributed by atoms with Gasteiger partial charge in [-0.3, -0.25) is 9.59 Å². The molecule has 2 rings (SSSR count). The SMILES string of the molecule is Cn1cc(NC(=O)CCc2ccc(F)cc2)ccc1=O. The molecule has 0 unspecified atom stereocenters. The number of aryl methyl sites for hydroxylation is 2. The molecular formula is C15H15FN2O2. The molecule has 1 N–H and O–H groups in total. The Bertz CT molecular complexity index is 662. The molecule has 5 heteroatoms. The Hall–Kier alpha value is -2.43. The lowest BCUT2D eigenvalue weighted by molar-refractivity contribution is -0.116. The van der Waals surface area contributed by atoms with Crippen LogP contribution >= 0.6 is 0 Å². The van der Waals surface area contributed by atoms with Crippen LogP contribution in [0.1, 0.15) is 12.0 Å². The van der Waals surface area contributed by atoms with Crippen LogP contribution in [-0.4, -0.2) is 10.5 Å². The van der Waals surface area contributed by atoms with Gasteiger partial charge in [-0.15, -0.1) is 0 Å². The van der Waals surface area contributed by atoms with Crippen LogP contribution in [0.25, 0.3) is 0 Å². The van der Waals surface area contributed by atoms with Gasteiger partial charge in [0, 0.05) is 25.7 Å². The van der Waals surface area contributed by atoms with Crippen LogP contribution in [0.15, 0.2) is 47.4 Å². The summed E-state index contributed by atoms with van der Waals surface area (Å²) in [6.45, 7) is 0. The Labute approximate surface area is 115 Å². The van der Waals surface area contributed by atoms with Crippen molar-refractivity contribution in [1.82, 2.24) is 4.57 Å². The number of carbonyl (C=O) groups is 1. The van der Waals surface area contributed by atoms with Crippen LogP contribution in [0, 0.1) is 5.82 Å². The number of carbonyl (C=O) groups excluding carboxylic acids is 1. The molecule has 20 heavy (non-hydrogen) atoms. The molecule has 2 aromatic rings. The number of halogens is 1. The minimum Gasteiger partial charge on any atom is -0.325 e. The van der Waals surface area contributed by atoms with E-state index in [0.29, 0.717) is 18.5 Å². The van der Waals surface area contributed by atoms with Crippen LogP contribution in [0.3, 0.4) is 0 Å². The first-order valence-electron chi connectivity index (χ1n) is 6.25. The minimum absolute atomic E-state index is 0.130. The number of anilines is 1. The molecule has 0 saturated heterocycles. The van der Waals surface area contributed by atoms with E-state index in [1.54, 1.807) is 31.4 Å². The number of rotatable bonds is 4. The maximum atomic E-state index is 12.7. The fourth-order valence-electron chi connectivity index (χ4n) is 1.80. The van der Waals surface area contributed by atoms with Crippen LogP contribution in [0.5, 0.6) is 0 Å². The first-order valence-corrected chi connectivity index (χ1v) is 6.25. The van der Waals surface area contributed by atoms with Crippen molar-refractivity contribution in [2.45, 2.75) is 12.8 Å². The molecule has 0 atom stereocenters. The molecule has 1 heterocycles. The fraction of sp³-hybridized carbons (Fsp3) is 0.200. The van der Waals surface area contributed by atoms with Crippen molar-refractivity contribution in [3.05, 3.63) is 64.3 Å². The van der Waals surface area contributed by atoms with Crippen LogP contribution in [-0.2, 0) is 18.3 Å². The van der Waals surface area contributed by atoms with E-state index >= 15 is 0 Å². The molecule has 0 aliphatic heterocycles. The summed E-state index contributed by atoms with van der Waals surface area (Å²) in [6, 6.07) is 9.04. The molecule has 0 spiro atoms. The van der Waals surface area contributed by atoms with Crippen molar-refractivity contribution >= 4 is 11.6 Å². The quantitative estimate of drug-likeness (QED) is 0.928. The van der Waals surface area contributed by atoms with E-state index in [9.17, 15) is 14.0 Å². The molecule has 4 nitrogen and oxygen atoms in total. The van der Waals surface area contributed by atoms with E-state index < -0.39 is 0 Å². The second-order valence-electron chi connectivity index (χ2n) is 4.54. The van der Waals surface area contributed by atoms with Crippen LogP contribution in [0.2, 0.25) is 0 Å². The Morgan fingerprint density at radius 2 is 1.90 bits per heavy atom. The normalized spacial score (nSPS) is 10.3. The van der Waals surface area contributed by atoms with Crippen molar-refractivity contribution in [2.24, 2.45) is 7.05 Å². The van der Waals surface area contributed by atoms with Crippen molar-refractivity contribution < 1.29 is 9.18 Å². The molecule has 0 radical (unpaired) electrons. The van der Waals surface area contributed by atoms with E-state index in [2.05, 4.69) is 5.32 Å². The van der Waals surface area contributed by atoms with Gasteiger partial charge in [0.05, 0.1) is 5.69 Å². The van der Waals surface area contributed by atoms with Gasteiger partial charge in [-0.05, 0) is 30.2 Å². The zero-order valence-electron chi connectivity index (χ0n) is 11.1. The predicted molar refractivity (Wildman–Crippen MR) is 75.0 cm³/mol. The lowest BCUT2D eigenvalue weighted by Crippen LogP contribution is -2.18. The van der Waals surface area contributed by atoms with Gasteiger partial charge < -0.3 is 9.88 Å². The van der Waals surface area contributed by atoms with Gasteiger partial charge in [-0.2, -0.15) is 0 Å². The second-order valence-corrected chi connectivity index (χ2v) is 4.54. The molecule has 1 aromatic carbocycles. The van der Waals surface area contributed by atoms with E-state index in [4.69, 9.17) is 0 Å². The molecular weight excluding hydrogens is 259 g/mol. The third-order valence-electron chi connectivity index (χ3n) is 2.92. The van der Waals surface area contributed by atoms with Crippen molar-refractivity contribution in [2.75, 3.05) is 5.32 Å². The highest BCUT2D eigenvalue weighted by Gasteiger charge is 2.04. The summed E-state index contributed by atoms with van der Waals surface area (Å²) in [6.07, 6.45) is 2.41. The van der Waals surface area contributed by atoms with Crippen molar-refractivity contribution in [3.63, 3.8) is 0 Å². The summed E-state index contributed by atoms with van der Waals surface area (Å²) in [7, 11) is 1.62. The van der Waals surface area contributed by atoms with E-state index in [0.717, 1.165) is 5.56 Å². The molecule has 0 fully saturated rings. The number of hydrogen-bond donors (Lipinski definition) is 1. The van der Waals surface area contributed by atoms with E-state index in [-0.39, 0.29) is 17.3 Å². The van der Waals surface area contributed by atoms with Gasteiger partial charge >= 0.3 is 0 Å². The molecule has 104 valence electrons. The van der Waals surface area contributed by atoms with Gasteiger partial charge in [-0.1, -0.05) is 12.1 Å². The Morgan fingerprint density at radius 1 is 1.20 bits per heavy atom. The monoisotopic (exact) mass is 274 g/mol. The number of hydrogen-bond acceptors (Lipinski definition) is 2.